The van der Waals surface area contributed by atoms with Gasteiger partial charge >= 0.3 is 12.4 Å². The number of nitrogens with zero attached hydrogens (tertiary/aromatic N) is 6. The summed E-state index contributed by atoms with van der Waals surface area (Å²) < 4.78 is 42.6. The number of aryl methyl sites for hydroxylation is 1. The molecule has 0 saturated carbocycles. The number of alkyl halides is 3. The van der Waals surface area contributed by atoms with Gasteiger partial charge in [0.15, 0.2) is 11.0 Å². The fourth-order valence-electron chi connectivity index (χ4n) is 4.57. The summed E-state index contributed by atoms with van der Waals surface area (Å²) in [6.07, 6.45) is -2.12. The molecule has 2 heterocycles. The molecule has 1 aliphatic rings. The number of hydrogen-bond donors (Lipinski definition) is 1. The first kappa shape index (κ1) is 32.0. The van der Waals surface area contributed by atoms with Gasteiger partial charge in [-0.2, -0.15) is 10.3 Å². The van der Waals surface area contributed by atoms with Crippen LogP contribution in [0.2, 0.25) is 0 Å². The van der Waals surface area contributed by atoms with E-state index in [1.807, 2.05) is 39.0 Å². The Morgan fingerprint density at radius 1 is 1.13 bits per heavy atom. The van der Waals surface area contributed by atoms with Crippen LogP contribution in [-0.2, 0) is 4.79 Å². The number of nitriles is 1. The molecule has 0 bridgehead atoms. The fourth-order valence-corrected chi connectivity index (χ4v) is 5.43. The number of amides is 3. The number of rotatable bonds is 7. The minimum atomic E-state index is -4.79. The summed E-state index contributed by atoms with van der Waals surface area (Å²) in [5.41, 5.74) is 4.38. The van der Waals surface area contributed by atoms with Gasteiger partial charge in [0.05, 0.1) is 22.7 Å². The second-order valence-corrected chi connectivity index (χ2v) is 11.3. The van der Waals surface area contributed by atoms with E-state index in [0.717, 1.165) is 11.1 Å². The lowest BCUT2D eigenvalue weighted by Gasteiger charge is -2.22. The van der Waals surface area contributed by atoms with E-state index < -0.39 is 12.4 Å². The number of amidine groups is 1. The third kappa shape index (κ3) is 7.44. The maximum absolute atomic E-state index is 12.8. The van der Waals surface area contributed by atoms with E-state index in [-0.39, 0.29) is 34.1 Å². The first-order valence-electron chi connectivity index (χ1n) is 13.9. The molecule has 5 rings (SSSR count). The van der Waals surface area contributed by atoms with Crippen LogP contribution in [0.5, 0.6) is 5.75 Å². The van der Waals surface area contributed by atoms with Gasteiger partial charge < -0.3 is 10.1 Å². The maximum atomic E-state index is 12.8. The number of carbonyl (C=O) groups is 2. The van der Waals surface area contributed by atoms with E-state index in [0.29, 0.717) is 28.3 Å². The number of aromatic nitrogens is 3. The van der Waals surface area contributed by atoms with E-state index in [9.17, 15) is 28.0 Å². The van der Waals surface area contributed by atoms with E-state index in [1.54, 1.807) is 24.3 Å². The highest BCUT2D eigenvalue weighted by atomic mass is 32.2. The smallest absolute Gasteiger partial charge is 0.406 e. The van der Waals surface area contributed by atoms with Crippen molar-refractivity contribution in [3.05, 3.63) is 95.9 Å². The van der Waals surface area contributed by atoms with Crippen LogP contribution in [0.3, 0.4) is 0 Å². The molecule has 234 valence electrons. The van der Waals surface area contributed by atoms with E-state index in [2.05, 4.69) is 31.2 Å². The van der Waals surface area contributed by atoms with E-state index in [1.165, 1.54) is 58.1 Å². The Kier molecular flexibility index (Phi) is 9.24. The Balaban J connectivity index is 1.28. The number of ether oxygens (including phenoxy) is 1. The summed E-state index contributed by atoms with van der Waals surface area (Å²) in [5.74, 6) is 0.112. The molecule has 1 N–H and O–H groups in total. The Labute approximate surface area is 266 Å². The number of anilines is 1. The quantitative estimate of drug-likeness (QED) is 0.215. The second-order valence-electron chi connectivity index (χ2n) is 10.4. The lowest BCUT2D eigenvalue weighted by Crippen LogP contribution is -2.31. The maximum Gasteiger partial charge on any atom is 0.573 e. The van der Waals surface area contributed by atoms with Gasteiger partial charge in [0, 0.05) is 11.8 Å². The molecular formula is C32H26F3N7O3S. The zero-order valence-corrected chi connectivity index (χ0v) is 25.6. The molecule has 3 aromatic carbocycles. The van der Waals surface area contributed by atoms with Crippen LogP contribution in [0.4, 0.5) is 23.7 Å². The van der Waals surface area contributed by atoms with E-state index in [4.69, 9.17) is 0 Å². The van der Waals surface area contributed by atoms with Crippen molar-refractivity contribution in [2.75, 3.05) is 10.7 Å². The standard InChI is InChI=1S/C32H26F3N7O3S/c1-19(2)26-13-4-20(3)14-27(26)42-28(43)17-46-31(42)39-30(44)37-16-23(15-36)21-5-7-22(8-6-21)29-38-18-41(40-29)24-9-11-25(12-10-24)45-32(33,34)35/h4-14,16,18-19H,17H2,1-3H3,(H,37,44)/b23-16+,39-31-. The monoisotopic (exact) mass is 645 g/mol. The van der Waals surface area contributed by atoms with Crippen LogP contribution < -0.4 is 15.0 Å². The number of urea groups is 1. The van der Waals surface area contributed by atoms with Crippen molar-refractivity contribution < 1.29 is 27.5 Å². The van der Waals surface area contributed by atoms with Crippen molar-refractivity contribution in [1.29, 1.82) is 5.26 Å². The molecule has 0 spiro atoms. The van der Waals surface area contributed by atoms with Gasteiger partial charge in [-0.3, -0.25) is 9.69 Å². The highest BCUT2D eigenvalue weighted by Gasteiger charge is 2.33. The molecule has 1 fully saturated rings. The van der Waals surface area contributed by atoms with Crippen molar-refractivity contribution >= 4 is 40.1 Å². The molecule has 1 aromatic heterocycles. The molecule has 14 heteroatoms. The van der Waals surface area contributed by atoms with Crippen LogP contribution in [0.15, 0.2) is 84.2 Å². The summed E-state index contributed by atoms with van der Waals surface area (Å²) in [6, 6.07) is 19.0. The molecule has 10 nitrogen and oxygen atoms in total. The molecule has 0 atom stereocenters. The van der Waals surface area contributed by atoms with Crippen molar-refractivity contribution in [3.63, 3.8) is 0 Å². The average molecular weight is 646 g/mol. The van der Waals surface area contributed by atoms with Crippen LogP contribution in [0, 0.1) is 18.3 Å². The number of benzene rings is 3. The lowest BCUT2D eigenvalue weighted by atomic mass is 9.99. The minimum absolute atomic E-state index is 0.144. The molecule has 0 unspecified atom stereocenters. The van der Waals surface area contributed by atoms with Gasteiger partial charge in [-0.1, -0.05) is 62.0 Å². The average Bonchev–Trinajstić information content (AvgIpc) is 3.64. The summed E-state index contributed by atoms with van der Waals surface area (Å²) >= 11 is 1.17. The van der Waals surface area contributed by atoms with Crippen LogP contribution >= 0.6 is 11.8 Å². The molecule has 46 heavy (non-hydrogen) atoms. The Bertz CT molecular complexity index is 1880. The van der Waals surface area contributed by atoms with Gasteiger partial charge in [0.25, 0.3) is 0 Å². The molecule has 1 saturated heterocycles. The number of allylic oxidation sites excluding steroid dienone is 1. The predicted molar refractivity (Wildman–Crippen MR) is 168 cm³/mol. The van der Waals surface area contributed by atoms with Crippen molar-refractivity contribution in [2.24, 2.45) is 4.99 Å². The van der Waals surface area contributed by atoms with Gasteiger partial charge in [-0.25, -0.2) is 14.5 Å². The highest BCUT2D eigenvalue weighted by molar-refractivity contribution is 8.15. The number of nitrogens with one attached hydrogen (secondary N) is 1. The first-order valence-corrected chi connectivity index (χ1v) is 14.8. The van der Waals surface area contributed by atoms with Gasteiger partial charge in [0.1, 0.15) is 18.1 Å². The van der Waals surface area contributed by atoms with Crippen molar-refractivity contribution in [1.82, 2.24) is 20.1 Å². The summed E-state index contributed by atoms with van der Waals surface area (Å²) in [4.78, 5) is 35.4. The molecule has 0 aliphatic carbocycles. The zero-order valence-electron chi connectivity index (χ0n) is 24.7. The third-order valence-electron chi connectivity index (χ3n) is 6.75. The molecule has 3 amide bonds. The fraction of sp³-hybridized carbons (Fsp3) is 0.188. The second kappa shape index (κ2) is 13.3. The summed E-state index contributed by atoms with van der Waals surface area (Å²) in [7, 11) is 0. The molecular weight excluding hydrogens is 619 g/mol. The Morgan fingerprint density at radius 3 is 2.50 bits per heavy atom. The number of hydrogen-bond acceptors (Lipinski definition) is 7. The summed E-state index contributed by atoms with van der Waals surface area (Å²) in [6.45, 7) is 5.98. The predicted octanol–water partition coefficient (Wildman–Crippen LogP) is 6.97. The number of aliphatic imine (C=N–C) groups is 1. The molecule has 0 radical (unpaired) electrons. The first-order chi connectivity index (χ1) is 21.9. The lowest BCUT2D eigenvalue weighted by molar-refractivity contribution is -0.274. The zero-order chi connectivity index (χ0) is 33.0. The number of halogens is 3. The van der Waals surface area contributed by atoms with Gasteiger partial charge in [0.2, 0.25) is 5.91 Å². The van der Waals surface area contributed by atoms with Crippen LogP contribution in [0.25, 0.3) is 22.6 Å². The normalized spacial score (nSPS) is 14.6. The highest BCUT2D eigenvalue weighted by Crippen LogP contribution is 2.34. The third-order valence-corrected chi connectivity index (χ3v) is 7.68. The van der Waals surface area contributed by atoms with Gasteiger partial charge in [-0.05, 0) is 59.9 Å². The number of thioether (sulfide) groups is 1. The minimum Gasteiger partial charge on any atom is -0.406 e. The van der Waals surface area contributed by atoms with Crippen molar-refractivity contribution in [2.45, 2.75) is 33.1 Å². The summed E-state index contributed by atoms with van der Waals surface area (Å²) in [5, 5.41) is 16.9. The Hall–Kier alpha value is -5.42. The topological polar surface area (TPSA) is 126 Å². The van der Waals surface area contributed by atoms with E-state index >= 15 is 0 Å². The van der Waals surface area contributed by atoms with Crippen LogP contribution in [0.1, 0.15) is 36.5 Å². The molecule has 4 aromatic rings. The SMILES string of the molecule is Cc1ccc(C(C)C)c(N2C(=O)CS/C2=N\C(=O)N/C=C(\C#N)c2ccc(-c3ncn(-c4ccc(OC(F)(F)F)cc4)n3)cc2)c1. The Morgan fingerprint density at radius 2 is 1.85 bits per heavy atom. The van der Waals surface area contributed by atoms with Crippen molar-refractivity contribution in [3.8, 4) is 28.9 Å². The number of carbonyl (C=O) groups excluding carboxylic acids is 2. The van der Waals surface area contributed by atoms with Crippen LogP contribution in [-0.4, -0.2) is 44.0 Å². The molecule has 1 aliphatic heterocycles. The van der Waals surface area contributed by atoms with Gasteiger partial charge in [-0.15, -0.1) is 18.3 Å². The largest absolute Gasteiger partial charge is 0.573 e.